The minimum absolute atomic E-state index is 0.0769. The maximum atomic E-state index is 11.7. The van der Waals surface area contributed by atoms with Crippen molar-refractivity contribution in [1.29, 1.82) is 0 Å². The zero-order valence-corrected chi connectivity index (χ0v) is 10.4. The van der Waals surface area contributed by atoms with Crippen molar-refractivity contribution in [3.63, 3.8) is 0 Å². The minimum atomic E-state index is -0.264. The first-order valence-corrected chi connectivity index (χ1v) is 5.82. The van der Waals surface area contributed by atoms with E-state index in [0.29, 0.717) is 23.7 Å². The molecule has 0 saturated heterocycles. The number of hydrogen-bond acceptors (Lipinski definition) is 2. The van der Waals surface area contributed by atoms with Gasteiger partial charge in [-0.15, -0.1) is 0 Å². The Morgan fingerprint density at radius 2 is 1.94 bits per heavy atom. The third-order valence-electron chi connectivity index (χ3n) is 2.13. The Balaban J connectivity index is 2.41. The van der Waals surface area contributed by atoms with E-state index in [2.05, 4.69) is 10.6 Å². The summed E-state index contributed by atoms with van der Waals surface area (Å²) >= 11 is 5.87. The number of rotatable bonds is 5. The van der Waals surface area contributed by atoms with E-state index >= 15 is 0 Å². The van der Waals surface area contributed by atoms with Crippen LogP contribution in [0.2, 0.25) is 5.02 Å². The molecule has 1 aromatic rings. The van der Waals surface area contributed by atoms with E-state index in [4.69, 9.17) is 11.6 Å². The van der Waals surface area contributed by atoms with Crippen LogP contribution in [0, 0.1) is 0 Å². The first-order valence-electron chi connectivity index (χ1n) is 5.44. The summed E-state index contributed by atoms with van der Waals surface area (Å²) in [4.78, 5) is 22.8. The third-order valence-corrected chi connectivity index (χ3v) is 2.46. The van der Waals surface area contributed by atoms with Crippen LogP contribution in [0.5, 0.6) is 0 Å². The molecule has 1 aromatic carbocycles. The lowest BCUT2D eigenvalue weighted by atomic mass is 10.2. The molecule has 2 N–H and O–H groups in total. The van der Waals surface area contributed by atoms with E-state index in [1.54, 1.807) is 24.3 Å². The first-order chi connectivity index (χ1) is 8.15. The minimum Gasteiger partial charge on any atom is -0.356 e. The SMILES string of the molecule is CCNC(=O)CCNC(=O)c1ccccc1Cl. The van der Waals surface area contributed by atoms with Crippen LogP contribution in [-0.4, -0.2) is 24.9 Å². The summed E-state index contributed by atoms with van der Waals surface area (Å²) in [5.41, 5.74) is 0.421. The van der Waals surface area contributed by atoms with E-state index in [1.165, 1.54) is 0 Å². The third kappa shape index (κ3) is 4.44. The Morgan fingerprint density at radius 3 is 2.59 bits per heavy atom. The van der Waals surface area contributed by atoms with Crippen molar-refractivity contribution in [2.45, 2.75) is 13.3 Å². The Hall–Kier alpha value is -1.55. The molecule has 17 heavy (non-hydrogen) atoms. The molecule has 0 aromatic heterocycles. The molecule has 4 nitrogen and oxygen atoms in total. The normalized spacial score (nSPS) is 9.76. The van der Waals surface area contributed by atoms with Gasteiger partial charge in [0.05, 0.1) is 10.6 Å². The first kappa shape index (κ1) is 13.5. The van der Waals surface area contributed by atoms with Crippen molar-refractivity contribution in [2.75, 3.05) is 13.1 Å². The fourth-order valence-corrected chi connectivity index (χ4v) is 1.54. The van der Waals surface area contributed by atoms with Gasteiger partial charge >= 0.3 is 0 Å². The largest absolute Gasteiger partial charge is 0.356 e. The smallest absolute Gasteiger partial charge is 0.252 e. The highest BCUT2D eigenvalue weighted by molar-refractivity contribution is 6.33. The molecule has 5 heteroatoms. The summed E-state index contributed by atoms with van der Waals surface area (Å²) < 4.78 is 0. The van der Waals surface area contributed by atoms with E-state index in [1.807, 2.05) is 6.92 Å². The highest BCUT2D eigenvalue weighted by atomic mass is 35.5. The van der Waals surface area contributed by atoms with Crippen molar-refractivity contribution < 1.29 is 9.59 Å². The molecule has 0 fully saturated rings. The lowest BCUT2D eigenvalue weighted by Crippen LogP contribution is -2.30. The number of carbonyl (C=O) groups is 2. The molecule has 0 aliphatic heterocycles. The summed E-state index contributed by atoms with van der Waals surface area (Å²) in [6.45, 7) is 2.74. The molecule has 0 spiro atoms. The molecule has 92 valence electrons. The van der Waals surface area contributed by atoms with Crippen LogP contribution in [0.4, 0.5) is 0 Å². The van der Waals surface area contributed by atoms with Gasteiger partial charge in [0, 0.05) is 19.5 Å². The van der Waals surface area contributed by atoms with E-state index in [0.717, 1.165) is 0 Å². The number of carbonyl (C=O) groups excluding carboxylic acids is 2. The summed E-state index contributed by atoms with van der Waals surface area (Å²) in [7, 11) is 0. The van der Waals surface area contributed by atoms with Gasteiger partial charge in [-0.3, -0.25) is 9.59 Å². The fourth-order valence-electron chi connectivity index (χ4n) is 1.32. The van der Waals surface area contributed by atoms with Crippen molar-refractivity contribution in [2.24, 2.45) is 0 Å². The quantitative estimate of drug-likeness (QED) is 0.839. The van der Waals surface area contributed by atoms with Crippen molar-refractivity contribution in [1.82, 2.24) is 10.6 Å². The molecule has 1 rings (SSSR count). The highest BCUT2D eigenvalue weighted by Crippen LogP contribution is 2.14. The summed E-state index contributed by atoms with van der Waals surface area (Å²) in [5, 5.41) is 5.70. The lowest BCUT2D eigenvalue weighted by Gasteiger charge is -2.06. The molecule has 0 radical (unpaired) electrons. The molecule has 0 bridgehead atoms. The number of hydrogen-bond donors (Lipinski definition) is 2. The van der Waals surface area contributed by atoms with Gasteiger partial charge in [-0.2, -0.15) is 0 Å². The van der Waals surface area contributed by atoms with Crippen molar-refractivity contribution in [3.8, 4) is 0 Å². The number of halogens is 1. The highest BCUT2D eigenvalue weighted by Gasteiger charge is 2.09. The molecule has 0 saturated carbocycles. The Kier molecular flexibility index (Phi) is 5.49. The van der Waals surface area contributed by atoms with Crippen LogP contribution in [-0.2, 0) is 4.79 Å². The van der Waals surface area contributed by atoms with Gasteiger partial charge in [0.25, 0.3) is 5.91 Å². The van der Waals surface area contributed by atoms with Gasteiger partial charge in [-0.25, -0.2) is 0 Å². The van der Waals surface area contributed by atoms with E-state index < -0.39 is 0 Å². The molecular formula is C12H15ClN2O2. The number of amides is 2. The van der Waals surface area contributed by atoms with Gasteiger partial charge in [0.2, 0.25) is 5.91 Å². The second kappa shape index (κ2) is 6.91. The van der Waals surface area contributed by atoms with Gasteiger partial charge in [-0.1, -0.05) is 23.7 Å². The average molecular weight is 255 g/mol. The van der Waals surface area contributed by atoms with Crippen molar-refractivity contribution >= 4 is 23.4 Å². The van der Waals surface area contributed by atoms with Crippen LogP contribution >= 0.6 is 11.6 Å². The zero-order valence-electron chi connectivity index (χ0n) is 9.63. The molecule has 0 atom stereocenters. The standard InChI is InChI=1S/C12H15ClN2O2/c1-2-14-11(16)7-8-15-12(17)9-5-3-4-6-10(9)13/h3-6H,2,7-8H2,1H3,(H,14,16)(H,15,17). The van der Waals surface area contributed by atoms with Crippen LogP contribution < -0.4 is 10.6 Å². The van der Waals surface area contributed by atoms with Gasteiger partial charge in [-0.05, 0) is 19.1 Å². The van der Waals surface area contributed by atoms with E-state index in [9.17, 15) is 9.59 Å². The van der Waals surface area contributed by atoms with Crippen LogP contribution in [0.25, 0.3) is 0 Å². The van der Waals surface area contributed by atoms with Crippen LogP contribution in [0.3, 0.4) is 0 Å². The molecular weight excluding hydrogens is 240 g/mol. The fraction of sp³-hybridized carbons (Fsp3) is 0.333. The Labute approximate surface area is 105 Å². The summed E-state index contributed by atoms with van der Waals surface area (Å²) in [6.07, 6.45) is 0.268. The topological polar surface area (TPSA) is 58.2 Å². The second-order valence-corrected chi connectivity index (χ2v) is 3.85. The maximum Gasteiger partial charge on any atom is 0.252 e. The molecule has 0 aliphatic carbocycles. The van der Waals surface area contributed by atoms with Crippen molar-refractivity contribution in [3.05, 3.63) is 34.9 Å². The van der Waals surface area contributed by atoms with Gasteiger partial charge in [0.15, 0.2) is 0 Å². The Bertz CT molecular complexity index is 407. The maximum absolute atomic E-state index is 11.7. The summed E-state index contributed by atoms with van der Waals surface area (Å²) in [6, 6.07) is 6.79. The van der Waals surface area contributed by atoms with Gasteiger partial charge < -0.3 is 10.6 Å². The predicted molar refractivity (Wildman–Crippen MR) is 67.1 cm³/mol. The predicted octanol–water partition coefficient (Wildman–Crippen LogP) is 1.60. The van der Waals surface area contributed by atoms with Crippen LogP contribution in [0.15, 0.2) is 24.3 Å². The zero-order chi connectivity index (χ0) is 12.7. The average Bonchev–Trinajstić information content (AvgIpc) is 2.29. The molecule has 0 heterocycles. The number of nitrogens with one attached hydrogen (secondary N) is 2. The van der Waals surface area contributed by atoms with Crippen LogP contribution in [0.1, 0.15) is 23.7 Å². The molecule has 0 aliphatic rings. The summed E-state index contributed by atoms with van der Waals surface area (Å²) in [5.74, 6) is -0.341. The monoisotopic (exact) mass is 254 g/mol. The Morgan fingerprint density at radius 1 is 1.24 bits per heavy atom. The van der Waals surface area contributed by atoms with E-state index in [-0.39, 0.29) is 18.2 Å². The molecule has 0 unspecified atom stereocenters. The lowest BCUT2D eigenvalue weighted by molar-refractivity contribution is -0.120. The second-order valence-electron chi connectivity index (χ2n) is 3.44. The molecule has 2 amide bonds. The van der Waals surface area contributed by atoms with Gasteiger partial charge in [0.1, 0.15) is 0 Å². The number of benzene rings is 1.